The van der Waals surface area contributed by atoms with Gasteiger partial charge in [0.2, 0.25) is 5.91 Å². The van der Waals surface area contributed by atoms with Gasteiger partial charge >= 0.3 is 12.0 Å². The van der Waals surface area contributed by atoms with Gasteiger partial charge in [0.05, 0.1) is 12.0 Å². The molecule has 0 aromatic heterocycles. The van der Waals surface area contributed by atoms with E-state index in [1.54, 1.807) is 0 Å². The van der Waals surface area contributed by atoms with Crippen LogP contribution in [0.25, 0.3) is 0 Å². The van der Waals surface area contributed by atoms with E-state index in [0.29, 0.717) is 12.8 Å². The molecule has 1 fully saturated rings. The number of carboxylic acid groups (broad SMARTS) is 1. The fraction of sp³-hybridized carbons (Fsp3) is 0.769. The van der Waals surface area contributed by atoms with E-state index in [1.807, 2.05) is 0 Å². The van der Waals surface area contributed by atoms with Gasteiger partial charge in [-0.15, -0.1) is 0 Å². The molecule has 0 aromatic rings. The van der Waals surface area contributed by atoms with Crippen molar-refractivity contribution in [2.45, 2.75) is 38.5 Å². The highest BCUT2D eigenvalue weighted by Crippen LogP contribution is 2.34. The molecule has 1 rings (SSSR count). The summed E-state index contributed by atoms with van der Waals surface area (Å²) in [6.45, 7) is -0.0235. The van der Waals surface area contributed by atoms with E-state index in [4.69, 9.17) is 0 Å². The summed E-state index contributed by atoms with van der Waals surface area (Å²) >= 11 is 0. The van der Waals surface area contributed by atoms with Crippen LogP contribution in [0, 0.1) is 5.41 Å². The van der Waals surface area contributed by atoms with Crippen molar-refractivity contribution in [2.24, 2.45) is 5.41 Å². The summed E-state index contributed by atoms with van der Waals surface area (Å²) in [5.74, 6) is -1.16. The molecule has 3 amide bonds. The molecule has 0 bridgehead atoms. The van der Waals surface area contributed by atoms with E-state index in [0.717, 1.165) is 25.7 Å². The highest BCUT2D eigenvalue weighted by molar-refractivity contribution is 5.84. The number of hydrogen-bond acceptors (Lipinski definition) is 3. The molecule has 1 aliphatic rings. The van der Waals surface area contributed by atoms with E-state index in [-0.39, 0.29) is 19.0 Å². The van der Waals surface area contributed by atoms with Gasteiger partial charge < -0.3 is 21.1 Å². The zero-order valence-electron chi connectivity index (χ0n) is 11.8. The first-order valence-corrected chi connectivity index (χ1v) is 6.96. The van der Waals surface area contributed by atoms with Crippen molar-refractivity contribution >= 4 is 17.9 Å². The molecule has 0 atom stereocenters. The fourth-order valence-electron chi connectivity index (χ4n) is 2.43. The second-order valence-electron chi connectivity index (χ2n) is 5.21. The number of carboxylic acids is 1. The monoisotopic (exact) mass is 285 g/mol. The van der Waals surface area contributed by atoms with Gasteiger partial charge in [-0.05, 0) is 12.8 Å². The summed E-state index contributed by atoms with van der Waals surface area (Å²) in [6, 6.07) is -0.515. The van der Waals surface area contributed by atoms with E-state index < -0.39 is 17.4 Å². The number of aliphatic carboxylic acids is 1. The Balaban J connectivity index is 2.48. The Bertz CT molecular complexity index is 363. The summed E-state index contributed by atoms with van der Waals surface area (Å²) in [4.78, 5) is 34.1. The molecular weight excluding hydrogens is 262 g/mol. The molecule has 7 heteroatoms. The molecule has 0 aliphatic heterocycles. The third kappa shape index (κ3) is 4.71. The number of nitrogens with one attached hydrogen (secondary N) is 3. The molecule has 0 aromatic carbocycles. The van der Waals surface area contributed by atoms with E-state index in [1.165, 1.54) is 7.05 Å². The molecule has 0 spiro atoms. The molecule has 1 saturated carbocycles. The number of urea groups is 1. The van der Waals surface area contributed by atoms with Gasteiger partial charge in [-0.3, -0.25) is 9.59 Å². The van der Waals surface area contributed by atoms with Gasteiger partial charge in [0.25, 0.3) is 0 Å². The highest BCUT2D eigenvalue weighted by Gasteiger charge is 2.38. The molecule has 1 aliphatic carbocycles. The Morgan fingerprint density at radius 3 is 2.15 bits per heavy atom. The Morgan fingerprint density at radius 1 is 1.05 bits per heavy atom. The van der Waals surface area contributed by atoms with Crippen LogP contribution in [0.4, 0.5) is 4.79 Å². The SMILES string of the molecule is CNC(=O)CNC(=O)NCC1(C(=O)O)CCCCCC1. The van der Waals surface area contributed by atoms with Gasteiger partial charge in [-0.1, -0.05) is 25.7 Å². The number of likely N-dealkylation sites (N-methyl/N-ethyl adjacent to an activating group) is 1. The average Bonchev–Trinajstić information content (AvgIpc) is 2.69. The smallest absolute Gasteiger partial charge is 0.315 e. The zero-order valence-corrected chi connectivity index (χ0v) is 11.8. The molecule has 0 unspecified atom stereocenters. The Labute approximate surface area is 118 Å². The highest BCUT2D eigenvalue weighted by atomic mass is 16.4. The summed E-state index contributed by atoms with van der Waals surface area (Å²) in [6.07, 6.45) is 4.98. The first-order valence-electron chi connectivity index (χ1n) is 6.96. The summed E-state index contributed by atoms with van der Waals surface area (Å²) in [7, 11) is 1.48. The third-order valence-electron chi connectivity index (χ3n) is 3.79. The molecular formula is C13H23N3O4. The van der Waals surface area contributed by atoms with Crippen LogP contribution in [0.3, 0.4) is 0 Å². The molecule has 114 valence electrons. The van der Waals surface area contributed by atoms with Gasteiger partial charge in [0, 0.05) is 13.6 Å². The summed E-state index contributed by atoms with van der Waals surface area (Å²) < 4.78 is 0. The zero-order chi connectivity index (χ0) is 15.0. The lowest BCUT2D eigenvalue weighted by Gasteiger charge is -2.28. The maximum Gasteiger partial charge on any atom is 0.315 e. The van der Waals surface area contributed by atoms with Crippen LogP contribution in [0.2, 0.25) is 0 Å². The normalized spacial score (nSPS) is 17.6. The van der Waals surface area contributed by atoms with Crippen molar-refractivity contribution in [3.05, 3.63) is 0 Å². The predicted molar refractivity (Wildman–Crippen MR) is 73.2 cm³/mol. The van der Waals surface area contributed by atoms with E-state index in [9.17, 15) is 19.5 Å². The quantitative estimate of drug-likeness (QED) is 0.550. The van der Waals surface area contributed by atoms with E-state index >= 15 is 0 Å². The van der Waals surface area contributed by atoms with Crippen LogP contribution >= 0.6 is 0 Å². The number of hydrogen-bond donors (Lipinski definition) is 4. The number of carbonyl (C=O) groups is 3. The predicted octanol–water partition coefficient (Wildman–Crippen LogP) is 0.457. The van der Waals surface area contributed by atoms with Crippen LogP contribution in [0.5, 0.6) is 0 Å². The topological polar surface area (TPSA) is 108 Å². The lowest BCUT2D eigenvalue weighted by Crippen LogP contribution is -2.47. The van der Waals surface area contributed by atoms with Gasteiger partial charge in [-0.25, -0.2) is 4.79 Å². The number of rotatable bonds is 5. The van der Waals surface area contributed by atoms with Crippen LogP contribution in [0.1, 0.15) is 38.5 Å². The maximum absolute atomic E-state index is 11.6. The molecule has 7 nitrogen and oxygen atoms in total. The molecule has 0 heterocycles. The van der Waals surface area contributed by atoms with Gasteiger partial charge in [0.1, 0.15) is 0 Å². The minimum absolute atomic E-state index is 0.0991. The lowest BCUT2D eigenvalue weighted by atomic mass is 9.80. The Kier molecular flexibility index (Phi) is 6.27. The van der Waals surface area contributed by atoms with E-state index in [2.05, 4.69) is 16.0 Å². The fourth-order valence-corrected chi connectivity index (χ4v) is 2.43. The second-order valence-corrected chi connectivity index (χ2v) is 5.21. The number of amides is 3. The van der Waals surface area contributed by atoms with Gasteiger partial charge in [0.15, 0.2) is 0 Å². The summed E-state index contributed by atoms with van der Waals surface area (Å²) in [5.41, 5.74) is -0.874. The van der Waals surface area contributed by atoms with Crippen molar-refractivity contribution in [2.75, 3.05) is 20.1 Å². The molecule has 20 heavy (non-hydrogen) atoms. The minimum atomic E-state index is -0.874. The molecule has 0 saturated heterocycles. The average molecular weight is 285 g/mol. The van der Waals surface area contributed by atoms with Crippen LogP contribution in [-0.4, -0.2) is 43.2 Å². The first-order chi connectivity index (χ1) is 9.50. The largest absolute Gasteiger partial charge is 0.481 e. The van der Waals surface area contributed by atoms with Crippen LogP contribution in [-0.2, 0) is 9.59 Å². The molecule has 4 N–H and O–H groups in total. The Morgan fingerprint density at radius 2 is 1.65 bits per heavy atom. The van der Waals surface area contributed by atoms with Crippen molar-refractivity contribution in [1.29, 1.82) is 0 Å². The lowest BCUT2D eigenvalue weighted by molar-refractivity contribution is -0.149. The van der Waals surface area contributed by atoms with Crippen molar-refractivity contribution in [3.8, 4) is 0 Å². The van der Waals surface area contributed by atoms with Crippen LogP contribution in [0.15, 0.2) is 0 Å². The third-order valence-corrected chi connectivity index (χ3v) is 3.79. The molecule has 0 radical (unpaired) electrons. The maximum atomic E-state index is 11.6. The first kappa shape index (κ1) is 16.3. The minimum Gasteiger partial charge on any atom is -0.481 e. The standard InChI is InChI=1S/C13H23N3O4/c1-14-10(17)8-15-12(20)16-9-13(11(18)19)6-4-2-3-5-7-13/h2-9H2,1H3,(H,14,17)(H,18,19)(H2,15,16,20). The van der Waals surface area contributed by atoms with Crippen molar-refractivity contribution in [3.63, 3.8) is 0 Å². The van der Waals surface area contributed by atoms with Crippen molar-refractivity contribution in [1.82, 2.24) is 16.0 Å². The second kappa shape index (κ2) is 7.72. The Hall–Kier alpha value is -1.79. The van der Waals surface area contributed by atoms with Gasteiger partial charge in [-0.2, -0.15) is 0 Å². The number of carbonyl (C=O) groups excluding carboxylic acids is 2. The summed E-state index contributed by atoms with van der Waals surface area (Å²) in [5, 5.41) is 16.8. The van der Waals surface area contributed by atoms with Crippen LogP contribution < -0.4 is 16.0 Å². The van der Waals surface area contributed by atoms with Crippen molar-refractivity contribution < 1.29 is 19.5 Å².